The Labute approximate surface area is 229 Å². The summed E-state index contributed by atoms with van der Waals surface area (Å²) in [7, 11) is 0. The molecule has 2 atom stereocenters. The third kappa shape index (κ3) is 6.00. The van der Waals surface area contributed by atoms with Crippen molar-refractivity contribution in [2.24, 2.45) is 5.92 Å². The smallest absolute Gasteiger partial charge is 0.410 e. The quantitative estimate of drug-likeness (QED) is 0.266. The number of ketones is 1. The van der Waals surface area contributed by atoms with Crippen LogP contribution in [0.2, 0.25) is 0 Å². The lowest BCUT2D eigenvalue weighted by Gasteiger charge is -2.47. The standard InChI is InChI=1S/C34H45NO3/c1-2-3-4-5-6-7-8-9-21-33(36)25-22-26-15-14-16-27(23-25)35(26)34(37)38-24-32-30-19-12-10-17-28(30)29-18-11-13-20-31(29)32/h10-13,17-20,25-27,32H,2-9,14-16,21-24H2,1H3. The van der Waals surface area contributed by atoms with Gasteiger partial charge in [-0.05, 0) is 60.8 Å². The van der Waals surface area contributed by atoms with Crippen LogP contribution in [0, 0.1) is 5.92 Å². The molecule has 4 nitrogen and oxygen atoms in total. The van der Waals surface area contributed by atoms with Gasteiger partial charge in [-0.3, -0.25) is 4.79 Å². The third-order valence-corrected chi connectivity index (χ3v) is 9.25. The maximum absolute atomic E-state index is 13.4. The van der Waals surface area contributed by atoms with Crippen molar-refractivity contribution in [3.8, 4) is 11.1 Å². The number of Topliss-reactive ketones (excluding diaryl/α,β-unsaturated/α-hetero) is 1. The van der Waals surface area contributed by atoms with Crippen molar-refractivity contribution in [2.75, 3.05) is 6.61 Å². The Kier molecular flexibility index (Phi) is 9.19. The Morgan fingerprint density at radius 2 is 1.34 bits per heavy atom. The van der Waals surface area contributed by atoms with Gasteiger partial charge >= 0.3 is 6.09 Å². The highest BCUT2D eigenvalue weighted by molar-refractivity contribution is 5.82. The van der Waals surface area contributed by atoms with Crippen LogP contribution in [0.15, 0.2) is 48.5 Å². The average Bonchev–Trinajstić information content (AvgIpc) is 3.26. The number of unbranched alkanes of at least 4 members (excludes halogenated alkanes) is 7. The predicted molar refractivity (Wildman–Crippen MR) is 153 cm³/mol. The van der Waals surface area contributed by atoms with Gasteiger partial charge in [0.1, 0.15) is 12.4 Å². The van der Waals surface area contributed by atoms with Gasteiger partial charge < -0.3 is 9.64 Å². The molecule has 0 saturated carbocycles. The summed E-state index contributed by atoms with van der Waals surface area (Å²) >= 11 is 0. The summed E-state index contributed by atoms with van der Waals surface area (Å²) in [5, 5.41) is 0. The maximum atomic E-state index is 13.4. The first-order valence-electron chi connectivity index (χ1n) is 15.3. The van der Waals surface area contributed by atoms with Gasteiger partial charge in [0.15, 0.2) is 0 Å². The lowest BCUT2D eigenvalue weighted by atomic mass is 9.76. The van der Waals surface area contributed by atoms with Gasteiger partial charge in [-0.15, -0.1) is 0 Å². The number of ether oxygens (including phenoxy) is 1. The van der Waals surface area contributed by atoms with Crippen molar-refractivity contribution in [1.82, 2.24) is 4.90 Å². The van der Waals surface area contributed by atoms with E-state index >= 15 is 0 Å². The van der Waals surface area contributed by atoms with Crippen LogP contribution in [0.3, 0.4) is 0 Å². The second kappa shape index (κ2) is 13.0. The lowest BCUT2D eigenvalue weighted by Crippen LogP contribution is -2.55. The predicted octanol–water partition coefficient (Wildman–Crippen LogP) is 8.67. The molecule has 2 aromatic rings. The molecule has 4 heteroatoms. The van der Waals surface area contributed by atoms with Gasteiger partial charge in [0.2, 0.25) is 0 Å². The fourth-order valence-electron chi connectivity index (χ4n) is 7.25. The molecular formula is C34H45NO3. The van der Waals surface area contributed by atoms with E-state index in [1.807, 2.05) is 4.90 Å². The first-order valence-corrected chi connectivity index (χ1v) is 15.3. The van der Waals surface area contributed by atoms with Crippen LogP contribution in [-0.4, -0.2) is 35.5 Å². The van der Waals surface area contributed by atoms with E-state index in [0.717, 1.165) is 38.5 Å². The zero-order valence-corrected chi connectivity index (χ0v) is 23.2. The number of hydrogen-bond acceptors (Lipinski definition) is 3. The second-order valence-corrected chi connectivity index (χ2v) is 11.8. The van der Waals surface area contributed by atoms with E-state index in [4.69, 9.17) is 4.74 Å². The Balaban J connectivity index is 1.12. The molecule has 0 N–H and O–H groups in total. The molecule has 5 rings (SSSR count). The molecule has 2 unspecified atom stereocenters. The molecule has 3 aliphatic rings. The fourth-order valence-corrected chi connectivity index (χ4v) is 7.25. The van der Waals surface area contributed by atoms with Gasteiger partial charge in [-0.25, -0.2) is 4.79 Å². The average molecular weight is 516 g/mol. The highest BCUT2D eigenvalue weighted by Gasteiger charge is 2.43. The molecule has 2 saturated heterocycles. The number of carbonyl (C=O) groups is 2. The van der Waals surface area contributed by atoms with E-state index in [1.54, 1.807) is 0 Å². The summed E-state index contributed by atoms with van der Waals surface area (Å²) in [6.07, 6.45) is 15.3. The first-order chi connectivity index (χ1) is 18.7. The molecule has 2 aliphatic heterocycles. The van der Waals surface area contributed by atoms with E-state index in [9.17, 15) is 9.59 Å². The zero-order chi connectivity index (χ0) is 26.3. The van der Waals surface area contributed by atoms with E-state index in [0.29, 0.717) is 18.8 Å². The summed E-state index contributed by atoms with van der Waals surface area (Å²) in [5.74, 6) is 0.629. The Bertz CT molecular complexity index is 1040. The van der Waals surface area contributed by atoms with E-state index in [2.05, 4.69) is 55.5 Å². The molecule has 2 bridgehead atoms. The Hall–Kier alpha value is -2.62. The normalized spacial score (nSPS) is 22.1. The van der Waals surface area contributed by atoms with Crippen LogP contribution in [0.5, 0.6) is 0 Å². The minimum absolute atomic E-state index is 0.0805. The number of benzene rings is 2. The highest BCUT2D eigenvalue weighted by Crippen LogP contribution is 2.45. The highest BCUT2D eigenvalue weighted by atomic mass is 16.6. The number of carbonyl (C=O) groups excluding carboxylic acids is 2. The van der Waals surface area contributed by atoms with Gasteiger partial charge in [0.25, 0.3) is 0 Å². The van der Waals surface area contributed by atoms with Crippen LogP contribution in [0.1, 0.15) is 114 Å². The molecule has 1 amide bonds. The minimum Gasteiger partial charge on any atom is -0.448 e. The Morgan fingerprint density at radius 1 is 0.789 bits per heavy atom. The molecule has 2 aromatic carbocycles. The first kappa shape index (κ1) is 27.0. The van der Waals surface area contributed by atoms with E-state index < -0.39 is 0 Å². The SMILES string of the molecule is CCCCCCCCCCC(=O)C1CC2CCCC(C1)N2C(=O)OCC1c2ccccc2-c2ccccc21. The van der Waals surface area contributed by atoms with Crippen molar-refractivity contribution in [1.29, 1.82) is 0 Å². The zero-order valence-electron chi connectivity index (χ0n) is 23.2. The van der Waals surface area contributed by atoms with Crippen molar-refractivity contribution < 1.29 is 14.3 Å². The van der Waals surface area contributed by atoms with Crippen LogP contribution in [0.25, 0.3) is 11.1 Å². The number of amides is 1. The van der Waals surface area contributed by atoms with Crippen molar-refractivity contribution in [2.45, 2.75) is 115 Å². The topological polar surface area (TPSA) is 46.6 Å². The summed E-state index contributed by atoms with van der Waals surface area (Å²) in [6, 6.07) is 17.2. The minimum atomic E-state index is -0.185. The fraction of sp³-hybridized carbons (Fsp3) is 0.588. The number of fused-ring (bicyclic) bond motifs is 5. The van der Waals surface area contributed by atoms with Gasteiger partial charge in [0.05, 0.1) is 0 Å². The molecule has 1 aliphatic carbocycles. The summed E-state index contributed by atoms with van der Waals surface area (Å²) < 4.78 is 6.04. The summed E-state index contributed by atoms with van der Waals surface area (Å²) in [5.41, 5.74) is 4.98. The monoisotopic (exact) mass is 515 g/mol. The maximum Gasteiger partial charge on any atom is 0.410 e. The Morgan fingerprint density at radius 3 is 1.95 bits per heavy atom. The summed E-state index contributed by atoms with van der Waals surface area (Å²) in [4.78, 5) is 28.5. The molecule has 204 valence electrons. The molecule has 0 radical (unpaired) electrons. The number of rotatable bonds is 12. The van der Waals surface area contributed by atoms with Crippen LogP contribution >= 0.6 is 0 Å². The number of piperidine rings is 2. The van der Waals surface area contributed by atoms with E-state index in [-0.39, 0.29) is 30.0 Å². The molecule has 38 heavy (non-hydrogen) atoms. The molecule has 2 heterocycles. The molecule has 2 fully saturated rings. The number of nitrogens with zero attached hydrogens (tertiary/aromatic N) is 1. The molecule has 0 aromatic heterocycles. The van der Waals surface area contributed by atoms with Crippen LogP contribution in [-0.2, 0) is 9.53 Å². The van der Waals surface area contributed by atoms with Gasteiger partial charge in [-0.2, -0.15) is 0 Å². The molecule has 0 spiro atoms. The third-order valence-electron chi connectivity index (χ3n) is 9.25. The van der Waals surface area contributed by atoms with Gasteiger partial charge in [0, 0.05) is 30.3 Å². The summed E-state index contributed by atoms with van der Waals surface area (Å²) in [6.45, 7) is 2.62. The second-order valence-electron chi connectivity index (χ2n) is 11.8. The van der Waals surface area contributed by atoms with E-state index in [1.165, 1.54) is 67.2 Å². The van der Waals surface area contributed by atoms with Crippen molar-refractivity contribution >= 4 is 11.9 Å². The van der Waals surface area contributed by atoms with Crippen molar-refractivity contribution in [3.63, 3.8) is 0 Å². The van der Waals surface area contributed by atoms with Crippen LogP contribution in [0.4, 0.5) is 4.79 Å². The molecular weight excluding hydrogens is 470 g/mol. The van der Waals surface area contributed by atoms with Crippen molar-refractivity contribution in [3.05, 3.63) is 59.7 Å². The largest absolute Gasteiger partial charge is 0.448 e. The van der Waals surface area contributed by atoms with Gasteiger partial charge in [-0.1, -0.05) is 100 Å². The van der Waals surface area contributed by atoms with Crippen LogP contribution < -0.4 is 0 Å². The lowest BCUT2D eigenvalue weighted by molar-refractivity contribution is -0.126. The number of hydrogen-bond donors (Lipinski definition) is 0.